The third-order valence-corrected chi connectivity index (χ3v) is 2.33. The molecule has 0 atom stereocenters. The van der Waals surface area contributed by atoms with E-state index in [-0.39, 0.29) is 12.3 Å². The van der Waals surface area contributed by atoms with Crippen LogP contribution in [0.25, 0.3) is 0 Å². The molecule has 4 nitrogen and oxygen atoms in total. The summed E-state index contributed by atoms with van der Waals surface area (Å²) in [6.45, 7) is 0. The topological polar surface area (TPSA) is 46.3 Å². The van der Waals surface area contributed by atoms with Crippen molar-refractivity contribution in [1.82, 2.24) is 4.98 Å². The third kappa shape index (κ3) is 2.28. The van der Waals surface area contributed by atoms with E-state index in [0.717, 1.165) is 5.69 Å². The summed E-state index contributed by atoms with van der Waals surface area (Å²) in [5, 5.41) is 0. The summed E-state index contributed by atoms with van der Waals surface area (Å²) in [5.74, 6) is -0.0138. The van der Waals surface area contributed by atoms with Gasteiger partial charge in [-0.05, 0) is 12.1 Å². The highest BCUT2D eigenvalue weighted by atomic mass is 16.3. The van der Waals surface area contributed by atoms with E-state index >= 15 is 0 Å². The first-order valence-corrected chi connectivity index (χ1v) is 4.96. The van der Waals surface area contributed by atoms with Gasteiger partial charge in [0.15, 0.2) is 6.39 Å². The molecule has 0 saturated heterocycles. The van der Waals surface area contributed by atoms with Crippen molar-refractivity contribution in [2.75, 3.05) is 11.9 Å². The summed E-state index contributed by atoms with van der Waals surface area (Å²) in [6.07, 6.45) is 3.06. The fourth-order valence-corrected chi connectivity index (χ4v) is 1.39. The predicted octanol–water partition coefficient (Wildman–Crippen LogP) is 1.88. The van der Waals surface area contributed by atoms with Crippen LogP contribution in [0.2, 0.25) is 0 Å². The maximum atomic E-state index is 11.9. The van der Waals surface area contributed by atoms with Crippen molar-refractivity contribution >= 4 is 11.6 Å². The fourth-order valence-electron chi connectivity index (χ4n) is 1.39. The van der Waals surface area contributed by atoms with Gasteiger partial charge in [0.2, 0.25) is 5.91 Å². The molecule has 82 valence electrons. The number of benzene rings is 1. The molecule has 0 saturated carbocycles. The number of likely N-dealkylation sites (N-methyl/N-ethyl adjacent to an activating group) is 1. The van der Waals surface area contributed by atoms with E-state index in [1.807, 2.05) is 30.3 Å². The number of oxazole rings is 1. The van der Waals surface area contributed by atoms with Crippen LogP contribution in [0.3, 0.4) is 0 Å². The zero-order chi connectivity index (χ0) is 11.4. The molecule has 2 rings (SSSR count). The lowest BCUT2D eigenvalue weighted by molar-refractivity contribution is -0.117. The molecule has 4 heteroatoms. The Hall–Kier alpha value is -2.10. The Labute approximate surface area is 93.5 Å². The van der Waals surface area contributed by atoms with Gasteiger partial charge in [0.25, 0.3) is 0 Å². The Balaban J connectivity index is 2.05. The minimum Gasteiger partial charge on any atom is -0.451 e. The van der Waals surface area contributed by atoms with Crippen molar-refractivity contribution in [2.45, 2.75) is 6.42 Å². The van der Waals surface area contributed by atoms with Crippen molar-refractivity contribution in [3.05, 3.63) is 48.7 Å². The lowest BCUT2D eigenvalue weighted by Crippen LogP contribution is -2.27. The molecule has 1 amide bonds. The number of para-hydroxylation sites is 1. The summed E-state index contributed by atoms with van der Waals surface area (Å²) < 4.78 is 4.82. The van der Waals surface area contributed by atoms with Crippen LogP contribution in [0.4, 0.5) is 5.69 Å². The number of hydrogen-bond acceptors (Lipinski definition) is 3. The molecular weight excluding hydrogens is 204 g/mol. The van der Waals surface area contributed by atoms with E-state index in [9.17, 15) is 4.79 Å². The average molecular weight is 216 g/mol. The Bertz CT molecular complexity index is 451. The molecule has 0 aliphatic heterocycles. The van der Waals surface area contributed by atoms with Crippen LogP contribution in [-0.4, -0.2) is 17.9 Å². The lowest BCUT2D eigenvalue weighted by Gasteiger charge is -2.16. The number of carbonyl (C=O) groups excluding carboxylic acids is 1. The van der Waals surface area contributed by atoms with Gasteiger partial charge in [-0.15, -0.1) is 0 Å². The average Bonchev–Trinajstić information content (AvgIpc) is 2.82. The van der Waals surface area contributed by atoms with Gasteiger partial charge in [-0.3, -0.25) is 4.79 Å². The number of anilines is 1. The zero-order valence-electron chi connectivity index (χ0n) is 8.96. The second-order valence-corrected chi connectivity index (χ2v) is 3.44. The molecular formula is C12H12N2O2. The molecule has 0 radical (unpaired) electrons. The smallest absolute Gasteiger partial charge is 0.232 e. The molecule has 1 aromatic heterocycles. The van der Waals surface area contributed by atoms with E-state index in [0.29, 0.717) is 5.69 Å². The van der Waals surface area contributed by atoms with E-state index in [1.54, 1.807) is 11.9 Å². The Kier molecular flexibility index (Phi) is 3.00. The number of aromatic nitrogens is 1. The second kappa shape index (κ2) is 4.61. The lowest BCUT2D eigenvalue weighted by atomic mass is 10.2. The zero-order valence-corrected chi connectivity index (χ0v) is 8.96. The van der Waals surface area contributed by atoms with Crippen molar-refractivity contribution in [3.63, 3.8) is 0 Å². The molecule has 1 heterocycles. The van der Waals surface area contributed by atoms with Crippen LogP contribution in [0, 0.1) is 0 Å². The number of amides is 1. The van der Waals surface area contributed by atoms with Gasteiger partial charge in [0.05, 0.1) is 12.1 Å². The van der Waals surface area contributed by atoms with Crippen molar-refractivity contribution in [3.8, 4) is 0 Å². The van der Waals surface area contributed by atoms with Gasteiger partial charge < -0.3 is 9.32 Å². The number of carbonyl (C=O) groups is 1. The summed E-state index contributed by atoms with van der Waals surface area (Å²) >= 11 is 0. The summed E-state index contributed by atoms with van der Waals surface area (Å²) in [7, 11) is 1.75. The minimum atomic E-state index is -0.0138. The van der Waals surface area contributed by atoms with Gasteiger partial charge >= 0.3 is 0 Å². The molecule has 0 unspecified atom stereocenters. The highest BCUT2D eigenvalue weighted by Gasteiger charge is 2.12. The first kappa shape index (κ1) is 10.4. The van der Waals surface area contributed by atoms with Crippen LogP contribution >= 0.6 is 0 Å². The van der Waals surface area contributed by atoms with Gasteiger partial charge in [0.1, 0.15) is 6.26 Å². The molecule has 0 bridgehead atoms. The fraction of sp³-hybridized carbons (Fsp3) is 0.167. The number of nitrogens with zero attached hydrogens (tertiary/aromatic N) is 2. The quantitative estimate of drug-likeness (QED) is 0.787. The molecule has 0 fully saturated rings. The van der Waals surface area contributed by atoms with Crippen molar-refractivity contribution < 1.29 is 9.21 Å². The Morgan fingerprint density at radius 2 is 2.12 bits per heavy atom. The molecule has 0 aliphatic carbocycles. The number of hydrogen-bond donors (Lipinski definition) is 0. The minimum absolute atomic E-state index is 0.0138. The molecule has 2 aromatic rings. The van der Waals surface area contributed by atoms with E-state index < -0.39 is 0 Å². The molecule has 16 heavy (non-hydrogen) atoms. The van der Waals surface area contributed by atoms with Crippen LogP contribution in [0.15, 0.2) is 47.4 Å². The first-order valence-electron chi connectivity index (χ1n) is 4.96. The SMILES string of the molecule is CN(C(=O)Cc1cocn1)c1ccccc1. The normalized spacial score (nSPS) is 10.1. The largest absolute Gasteiger partial charge is 0.451 e. The van der Waals surface area contributed by atoms with Crippen molar-refractivity contribution in [1.29, 1.82) is 0 Å². The van der Waals surface area contributed by atoms with Gasteiger partial charge in [-0.25, -0.2) is 4.98 Å². The summed E-state index contributed by atoms with van der Waals surface area (Å²) in [6, 6.07) is 9.49. The molecule has 0 N–H and O–H groups in total. The highest BCUT2D eigenvalue weighted by Crippen LogP contribution is 2.12. The van der Waals surface area contributed by atoms with E-state index in [2.05, 4.69) is 4.98 Å². The van der Waals surface area contributed by atoms with Crippen molar-refractivity contribution in [2.24, 2.45) is 0 Å². The Morgan fingerprint density at radius 3 is 2.75 bits per heavy atom. The molecule has 1 aromatic carbocycles. The summed E-state index contributed by atoms with van der Waals surface area (Å²) in [4.78, 5) is 17.4. The first-order chi connectivity index (χ1) is 7.77. The maximum absolute atomic E-state index is 11.9. The van der Waals surface area contributed by atoms with Gasteiger partial charge in [-0.2, -0.15) is 0 Å². The number of rotatable bonds is 3. The summed E-state index contributed by atoms with van der Waals surface area (Å²) in [5.41, 5.74) is 1.52. The third-order valence-electron chi connectivity index (χ3n) is 2.33. The van der Waals surface area contributed by atoms with E-state index in [1.165, 1.54) is 12.7 Å². The van der Waals surface area contributed by atoms with E-state index in [4.69, 9.17) is 4.42 Å². The standard InChI is InChI=1S/C12H12N2O2/c1-14(11-5-3-2-4-6-11)12(15)7-10-8-16-9-13-10/h2-6,8-9H,7H2,1H3. The van der Waals surface area contributed by atoms with Crippen LogP contribution in [0.5, 0.6) is 0 Å². The maximum Gasteiger partial charge on any atom is 0.232 e. The highest BCUT2D eigenvalue weighted by molar-refractivity contribution is 5.93. The Morgan fingerprint density at radius 1 is 1.38 bits per heavy atom. The van der Waals surface area contributed by atoms with Crippen LogP contribution in [-0.2, 0) is 11.2 Å². The van der Waals surface area contributed by atoms with Gasteiger partial charge in [0, 0.05) is 12.7 Å². The monoisotopic (exact) mass is 216 g/mol. The second-order valence-electron chi connectivity index (χ2n) is 3.44. The van der Waals surface area contributed by atoms with Gasteiger partial charge in [-0.1, -0.05) is 18.2 Å². The predicted molar refractivity (Wildman–Crippen MR) is 60.1 cm³/mol. The molecule has 0 aliphatic rings. The van der Waals surface area contributed by atoms with Crippen LogP contribution < -0.4 is 4.90 Å². The molecule has 0 spiro atoms. The van der Waals surface area contributed by atoms with Crippen LogP contribution in [0.1, 0.15) is 5.69 Å².